The van der Waals surface area contributed by atoms with Crippen LogP contribution in [0, 0.1) is 18.2 Å². The largest absolute Gasteiger partial charge is 0.477 e. The second kappa shape index (κ2) is 5.55. The Kier molecular flexibility index (Phi) is 3.60. The Balaban J connectivity index is 2.15. The summed E-state index contributed by atoms with van der Waals surface area (Å²) in [6, 6.07) is 5.54. The van der Waals surface area contributed by atoms with Gasteiger partial charge in [0.25, 0.3) is 0 Å². The second-order valence-corrected chi connectivity index (χ2v) is 8.19. The molecule has 1 unspecified atom stereocenters. The predicted molar refractivity (Wildman–Crippen MR) is 99.8 cm³/mol. The number of aryl methyl sites for hydroxylation is 1. The minimum Gasteiger partial charge on any atom is -0.477 e. The van der Waals surface area contributed by atoms with Crippen LogP contribution in [-0.4, -0.2) is 15.6 Å². The van der Waals surface area contributed by atoms with Gasteiger partial charge in [0.15, 0.2) is 11.6 Å². The number of para-hydroxylation sites is 1. The molecule has 6 heteroatoms. The summed E-state index contributed by atoms with van der Waals surface area (Å²) in [7, 11) is 0. The zero-order valence-corrected chi connectivity index (χ0v) is 15.6. The molecule has 1 aromatic carbocycles. The summed E-state index contributed by atoms with van der Waals surface area (Å²) in [5.41, 5.74) is 0.491. The molecule has 3 heterocycles. The molecule has 0 saturated carbocycles. The number of aromatic carboxylic acids is 1. The van der Waals surface area contributed by atoms with E-state index in [1.54, 1.807) is 4.57 Å². The van der Waals surface area contributed by atoms with Crippen LogP contribution >= 0.6 is 0 Å². The number of benzene rings is 1. The summed E-state index contributed by atoms with van der Waals surface area (Å²) < 4.78 is 22.7. The molecule has 0 radical (unpaired) electrons. The summed E-state index contributed by atoms with van der Waals surface area (Å²) in [4.78, 5) is 23.8. The van der Waals surface area contributed by atoms with Gasteiger partial charge in [0.05, 0.1) is 0 Å². The van der Waals surface area contributed by atoms with Crippen molar-refractivity contribution in [2.75, 3.05) is 0 Å². The lowest BCUT2D eigenvalue weighted by atomic mass is 9.79. The van der Waals surface area contributed by atoms with Gasteiger partial charge in [-0.1, -0.05) is 39.0 Å². The highest BCUT2D eigenvalue weighted by Crippen LogP contribution is 2.47. The van der Waals surface area contributed by atoms with Crippen molar-refractivity contribution in [2.24, 2.45) is 5.41 Å². The maximum Gasteiger partial charge on any atom is 0.341 e. The molecule has 1 atom stereocenters. The number of carbonyl (C=O) groups is 1. The van der Waals surface area contributed by atoms with Gasteiger partial charge < -0.3 is 14.1 Å². The zero-order valence-electron chi connectivity index (χ0n) is 15.6. The Morgan fingerprint density at radius 3 is 2.67 bits per heavy atom. The number of furan rings is 1. The lowest BCUT2D eigenvalue weighted by Crippen LogP contribution is -2.34. The molecule has 0 saturated heterocycles. The number of carboxylic acid groups (broad SMARTS) is 1. The molecule has 5 nitrogen and oxygen atoms in total. The monoisotopic (exact) mass is 369 g/mol. The van der Waals surface area contributed by atoms with E-state index in [9.17, 15) is 14.7 Å². The van der Waals surface area contributed by atoms with Gasteiger partial charge in [0.1, 0.15) is 16.8 Å². The molecule has 3 aromatic rings. The molecule has 1 aliphatic heterocycles. The fourth-order valence-corrected chi connectivity index (χ4v) is 3.94. The molecule has 1 aliphatic rings. The molecule has 27 heavy (non-hydrogen) atoms. The lowest BCUT2D eigenvalue weighted by molar-refractivity contribution is 0.0692. The number of aromatic nitrogens is 1. The van der Waals surface area contributed by atoms with Crippen LogP contribution in [0.4, 0.5) is 4.39 Å². The Bertz CT molecular complexity index is 1160. The molecule has 0 aliphatic carbocycles. The van der Waals surface area contributed by atoms with Crippen molar-refractivity contribution in [2.45, 2.75) is 40.2 Å². The van der Waals surface area contributed by atoms with E-state index in [1.165, 1.54) is 6.20 Å². The molecular formula is C21H20FNO4. The van der Waals surface area contributed by atoms with Crippen LogP contribution in [0.25, 0.3) is 22.4 Å². The van der Waals surface area contributed by atoms with Gasteiger partial charge in [-0.05, 0) is 24.3 Å². The SMILES string of the molecule is Cc1cccc2c3c(oc12)-c1c(F)c(=O)c(C(=O)O)cn1C(C(C)(C)C)C3. The first-order chi connectivity index (χ1) is 12.6. The highest BCUT2D eigenvalue weighted by Gasteiger charge is 2.38. The third-order valence-corrected chi connectivity index (χ3v) is 5.37. The number of pyridine rings is 1. The number of hydrogen-bond donors (Lipinski definition) is 1. The van der Waals surface area contributed by atoms with Crippen molar-refractivity contribution < 1.29 is 18.7 Å². The zero-order chi connectivity index (χ0) is 19.7. The van der Waals surface area contributed by atoms with E-state index in [0.717, 1.165) is 16.5 Å². The van der Waals surface area contributed by atoms with Crippen LogP contribution < -0.4 is 5.43 Å². The van der Waals surface area contributed by atoms with E-state index < -0.39 is 22.8 Å². The molecule has 140 valence electrons. The fourth-order valence-electron chi connectivity index (χ4n) is 3.94. The Morgan fingerprint density at radius 1 is 1.33 bits per heavy atom. The highest BCUT2D eigenvalue weighted by atomic mass is 19.1. The molecule has 4 rings (SSSR count). The number of halogens is 1. The topological polar surface area (TPSA) is 72.4 Å². The summed E-state index contributed by atoms with van der Waals surface area (Å²) >= 11 is 0. The number of carboxylic acids is 1. The van der Waals surface area contributed by atoms with Gasteiger partial charge in [0, 0.05) is 23.2 Å². The van der Waals surface area contributed by atoms with Crippen molar-refractivity contribution in [1.82, 2.24) is 4.57 Å². The first-order valence-electron chi connectivity index (χ1n) is 8.80. The van der Waals surface area contributed by atoms with Crippen LogP contribution in [-0.2, 0) is 6.42 Å². The average molecular weight is 369 g/mol. The predicted octanol–water partition coefficient (Wildman–Crippen LogP) is 4.55. The van der Waals surface area contributed by atoms with Crippen molar-refractivity contribution in [3.05, 3.63) is 57.1 Å². The Hall–Kier alpha value is -2.89. The summed E-state index contributed by atoms with van der Waals surface area (Å²) in [6.07, 6.45) is 1.81. The number of nitrogens with zero attached hydrogens (tertiary/aromatic N) is 1. The maximum absolute atomic E-state index is 15.1. The second-order valence-electron chi connectivity index (χ2n) is 8.19. The van der Waals surface area contributed by atoms with Gasteiger partial charge in [-0.2, -0.15) is 0 Å². The number of hydrogen-bond acceptors (Lipinski definition) is 3. The minimum atomic E-state index is -1.44. The van der Waals surface area contributed by atoms with Crippen LogP contribution in [0.5, 0.6) is 0 Å². The standard InChI is InChI=1S/C21H20FNO4/c1-10-6-5-7-11-12-8-14(21(2,3)4)23-9-13(20(25)26)17(24)15(22)16(23)19(12)27-18(10)11/h5-7,9,14H,8H2,1-4H3,(H,25,26). The fraction of sp³-hybridized carbons (Fsp3) is 0.333. The molecular weight excluding hydrogens is 349 g/mol. The van der Waals surface area contributed by atoms with E-state index in [0.29, 0.717) is 17.8 Å². The Labute approximate surface area is 155 Å². The third kappa shape index (κ3) is 2.43. The number of rotatable bonds is 1. The average Bonchev–Trinajstić information content (AvgIpc) is 2.95. The maximum atomic E-state index is 15.1. The van der Waals surface area contributed by atoms with Gasteiger partial charge >= 0.3 is 5.97 Å². The number of fused-ring (bicyclic) bond motifs is 5. The summed E-state index contributed by atoms with van der Waals surface area (Å²) in [5.74, 6) is -2.21. The summed E-state index contributed by atoms with van der Waals surface area (Å²) in [6.45, 7) is 7.94. The summed E-state index contributed by atoms with van der Waals surface area (Å²) in [5, 5.41) is 10.2. The van der Waals surface area contributed by atoms with Crippen molar-refractivity contribution >= 4 is 16.9 Å². The first-order valence-corrected chi connectivity index (χ1v) is 8.80. The molecule has 0 amide bonds. The highest BCUT2D eigenvalue weighted by molar-refractivity contribution is 5.91. The van der Waals surface area contributed by atoms with Gasteiger partial charge in [-0.3, -0.25) is 4.79 Å². The molecule has 0 spiro atoms. The Morgan fingerprint density at radius 2 is 2.04 bits per heavy atom. The van der Waals surface area contributed by atoms with Crippen molar-refractivity contribution in [1.29, 1.82) is 0 Å². The lowest BCUT2D eigenvalue weighted by Gasteiger charge is -2.37. The normalized spacial score (nSPS) is 16.3. The van der Waals surface area contributed by atoms with Gasteiger partial charge in [0.2, 0.25) is 5.43 Å². The smallest absolute Gasteiger partial charge is 0.341 e. The van der Waals surface area contributed by atoms with Gasteiger partial charge in [-0.15, -0.1) is 0 Å². The quantitative estimate of drug-likeness (QED) is 0.683. The van der Waals surface area contributed by atoms with Crippen molar-refractivity contribution in [3.8, 4) is 11.5 Å². The third-order valence-electron chi connectivity index (χ3n) is 5.37. The van der Waals surface area contributed by atoms with E-state index in [-0.39, 0.29) is 17.2 Å². The van der Waals surface area contributed by atoms with Crippen LogP contribution in [0.1, 0.15) is 48.3 Å². The van der Waals surface area contributed by atoms with E-state index >= 15 is 4.39 Å². The van der Waals surface area contributed by atoms with Gasteiger partial charge in [-0.25, -0.2) is 9.18 Å². The molecule has 1 N–H and O–H groups in total. The van der Waals surface area contributed by atoms with E-state index in [2.05, 4.69) is 0 Å². The molecule has 0 bridgehead atoms. The molecule has 2 aromatic heterocycles. The minimum absolute atomic E-state index is 0.0294. The van der Waals surface area contributed by atoms with Crippen LogP contribution in [0.3, 0.4) is 0 Å². The molecule has 0 fully saturated rings. The first kappa shape index (κ1) is 17.5. The van der Waals surface area contributed by atoms with Crippen LogP contribution in [0.2, 0.25) is 0 Å². The van der Waals surface area contributed by atoms with Crippen molar-refractivity contribution in [3.63, 3.8) is 0 Å². The van der Waals surface area contributed by atoms with Crippen LogP contribution in [0.15, 0.2) is 33.6 Å². The van der Waals surface area contributed by atoms with E-state index in [4.69, 9.17) is 4.42 Å². The van der Waals surface area contributed by atoms with E-state index in [1.807, 2.05) is 45.9 Å².